The summed E-state index contributed by atoms with van der Waals surface area (Å²) in [4.78, 5) is 14.9. The molecule has 0 saturated carbocycles. The average molecular weight is 299 g/mol. The minimum absolute atomic E-state index is 0.0859. The van der Waals surface area contributed by atoms with Gasteiger partial charge in [-0.1, -0.05) is 37.6 Å². The molecule has 0 radical (unpaired) electrons. The minimum atomic E-state index is 0.0859. The normalized spacial score (nSPS) is 16.9. The van der Waals surface area contributed by atoms with Crippen molar-refractivity contribution in [2.45, 2.75) is 18.7 Å². The van der Waals surface area contributed by atoms with Crippen molar-refractivity contribution in [1.29, 1.82) is 0 Å². The quantitative estimate of drug-likeness (QED) is 0.801. The maximum Gasteiger partial charge on any atom is 0.225 e. The van der Waals surface area contributed by atoms with Crippen LogP contribution in [0, 0.1) is 5.92 Å². The van der Waals surface area contributed by atoms with Crippen molar-refractivity contribution in [3.05, 3.63) is 29.3 Å². The van der Waals surface area contributed by atoms with E-state index < -0.39 is 0 Å². The van der Waals surface area contributed by atoms with Gasteiger partial charge in [-0.05, 0) is 24.1 Å². The van der Waals surface area contributed by atoms with E-state index in [1.807, 2.05) is 43.0 Å². The summed E-state index contributed by atoms with van der Waals surface area (Å²) in [6, 6.07) is 7.86. The highest BCUT2D eigenvalue weighted by Crippen LogP contribution is 2.30. The van der Waals surface area contributed by atoms with Crippen LogP contribution in [-0.2, 0) is 4.79 Å². The predicted molar refractivity (Wildman–Crippen MR) is 80.3 cm³/mol. The van der Waals surface area contributed by atoms with E-state index in [0.717, 1.165) is 36.1 Å². The van der Waals surface area contributed by atoms with Gasteiger partial charge in [-0.15, -0.1) is 0 Å². The smallest absolute Gasteiger partial charge is 0.225 e. The predicted octanol–water partition coefficient (Wildman–Crippen LogP) is 3.15. The highest BCUT2D eigenvalue weighted by molar-refractivity contribution is 7.97. The number of benzene rings is 1. The van der Waals surface area contributed by atoms with Crippen LogP contribution in [0.5, 0.6) is 0 Å². The molecule has 1 aromatic rings. The van der Waals surface area contributed by atoms with Gasteiger partial charge in [0.2, 0.25) is 5.91 Å². The Bertz CT molecular complexity index is 445. The highest BCUT2D eigenvalue weighted by atomic mass is 35.5. The van der Waals surface area contributed by atoms with Crippen molar-refractivity contribution in [3.8, 4) is 0 Å². The van der Waals surface area contributed by atoms with Crippen LogP contribution in [-0.4, -0.2) is 41.3 Å². The summed E-state index contributed by atoms with van der Waals surface area (Å²) in [7, 11) is 0. The third-order valence-corrected chi connectivity index (χ3v) is 4.73. The SMILES string of the molecule is CC(C)C(=O)N1CCN(Sc2ccccc2Cl)CC1. The summed E-state index contributed by atoms with van der Waals surface area (Å²) in [5.74, 6) is 0.338. The molecule has 0 bridgehead atoms. The zero-order valence-corrected chi connectivity index (χ0v) is 12.9. The van der Waals surface area contributed by atoms with Crippen LogP contribution in [0.25, 0.3) is 0 Å². The molecule has 0 atom stereocenters. The molecule has 0 aliphatic carbocycles. The molecule has 0 aromatic heterocycles. The fraction of sp³-hybridized carbons (Fsp3) is 0.500. The van der Waals surface area contributed by atoms with Gasteiger partial charge < -0.3 is 4.90 Å². The van der Waals surface area contributed by atoms with Gasteiger partial charge in [0, 0.05) is 37.0 Å². The largest absolute Gasteiger partial charge is 0.340 e. The van der Waals surface area contributed by atoms with Crippen LogP contribution in [0.3, 0.4) is 0 Å². The van der Waals surface area contributed by atoms with E-state index in [9.17, 15) is 4.79 Å². The number of carbonyl (C=O) groups is 1. The zero-order valence-electron chi connectivity index (χ0n) is 11.3. The van der Waals surface area contributed by atoms with Crippen LogP contribution in [0.1, 0.15) is 13.8 Å². The zero-order chi connectivity index (χ0) is 13.8. The number of amides is 1. The standard InChI is InChI=1S/C14H19ClN2OS/c1-11(2)14(18)16-7-9-17(10-8-16)19-13-6-4-3-5-12(13)15/h3-6,11H,7-10H2,1-2H3. The molecule has 0 unspecified atom stereocenters. The Morgan fingerprint density at radius 2 is 1.84 bits per heavy atom. The number of hydrogen-bond acceptors (Lipinski definition) is 3. The Kier molecular flexibility index (Phi) is 5.13. The minimum Gasteiger partial charge on any atom is -0.340 e. The molecule has 0 spiro atoms. The molecular formula is C14H19ClN2OS. The molecule has 2 rings (SSSR count). The number of halogens is 1. The number of nitrogens with zero attached hydrogens (tertiary/aromatic N) is 2. The second-order valence-corrected chi connectivity index (χ2v) is 6.48. The third-order valence-electron chi connectivity index (χ3n) is 3.11. The molecular weight excluding hydrogens is 280 g/mol. The van der Waals surface area contributed by atoms with E-state index >= 15 is 0 Å². The first-order valence-electron chi connectivity index (χ1n) is 6.54. The van der Waals surface area contributed by atoms with Crippen LogP contribution in [0.4, 0.5) is 0 Å². The number of hydrogen-bond donors (Lipinski definition) is 0. The maximum atomic E-state index is 11.9. The van der Waals surface area contributed by atoms with Gasteiger partial charge in [-0.25, -0.2) is 4.31 Å². The number of piperazine rings is 1. The molecule has 19 heavy (non-hydrogen) atoms. The highest BCUT2D eigenvalue weighted by Gasteiger charge is 2.23. The first kappa shape index (κ1) is 14.7. The van der Waals surface area contributed by atoms with E-state index in [2.05, 4.69) is 4.31 Å². The Hall–Kier alpha value is -0.710. The van der Waals surface area contributed by atoms with Gasteiger partial charge in [0.15, 0.2) is 0 Å². The van der Waals surface area contributed by atoms with E-state index in [0.29, 0.717) is 0 Å². The van der Waals surface area contributed by atoms with Crippen LogP contribution in [0.15, 0.2) is 29.2 Å². The van der Waals surface area contributed by atoms with E-state index in [-0.39, 0.29) is 11.8 Å². The monoisotopic (exact) mass is 298 g/mol. The molecule has 3 nitrogen and oxygen atoms in total. The van der Waals surface area contributed by atoms with Crippen LogP contribution >= 0.6 is 23.5 Å². The van der Waals surface area contributed by atoms with E-state index in [1.165, 1.54) is 0 Å². The Labute approximate surface area is 124 Å². The molecule has 5 heteroatoms. The Balaban J connectivity index is 1.87. The van der Waals surface area contributed by atoms with Crippen LogP contribution < -0.4 is 0 Å². The second kappa shape index (κ2) is 6.64. The molecule has 1 amide bonds. The number of carbonyl (C=O) groups excluding carboxylic acids is 1. The van der Waals surface area contributed by atoms with Crippen LogP contribution in [0.2, 0.25) is 5.02 Å². The average Bonchev–Trinajstić information content (AvgIpc) is 2.41. The lowest BCUT2D eigenvalue weighted by Gasteiger charge is -2.34. The summed E-state index contributed by atoms with van der Waals surface area (Å²) in [5, 5.41) is 0.785. The van der Waals surface area contributed by atoms with Crippen molar-refractivity contribution in [2.24, 2.45) is 5.92 Å². The summed E-state index contributed by atoms with van der Waals surface area (Å²) in [5.41, 5.74) is 0. The fourth-order valence-electron chi connectivity index (χ4n) is 2.02. The van der Waals surface area contributed by atoms with Crippen molar-refractivity contribution in [1.82, 2.24) is 9.21 Å². The van der Waals surface area contributed by atoms with Crippen molar-refractivity contribution in [3.63, 3.8) is 0 Å². The lowest BCUT2D eigenvalue weighted by Crippen LogP contribution is -2.47. The third kappa shape index (κ3) is 3.88. The molecule has 1 saturated heterocycles. The first-order chi connectivity index (χ1) is 9.08. The molecule has 0 N–H and O–H groups in total. The fourth-order valence-corrected chi connectivity index (χ4v) is 3.18. The van der Waals surface area contributed by atoms with E-state index in [4.69, 9.17) is 11.6 Å². The second-order valence-electron chi connectivity index (χ2n) is 4.93. The van der Waals surface area contributed by atoms with E-state index in [1.54, 1.807) is 11.9 Å². The van der Waals surface area contributed by atoms with Crippen molar-refractivity contribution in [2.75, 3.05) is 26.2 Å². The van der Waals surface area contributed by atoms with Gasteiger partial charge in [0.05, 0.1) is 5.02 Å². The number of rotatable bonds is 3. The van der Waals surface area contributed by atoms with Crippen molar-refractivity contribution >= 4 is 29.5 Å². The van der Waals surface area contributed by atoms with Gasteiger partial charge in [0.25, 0.3) is 0 Å². The maximum absolute atomic E-state index is 11.9. The van der Waals surface area contributed by atoms with Crippen molar-refractivity contribution < 1.29 is 4.79 Å². The summed E-state index contributed by atoms with van der Waals surface area (Å²) >= 11 is 7.83. The lowest BCUT2D eigenvalue weighted by atomic mass is 10.2. The Morgan fingerprint density at radius 3 is 2.42 bits per heavy atom. The molecule has 1 aliphatic heterocycles. The molecule has 1 fully saturated rings. The summed E-state index contributed by atoms with van der Waals surface area (Å²) in [6.07, 6.45) is 0. The summed E-state index contributed by atoms with van der Waals surface area (Å²) < 4.78 is 2.27. The summed E-state index contributed by atoms with van der Waals surface area (Å²) in [6.45, 7) is 7.27. The van der Waals surface area contributed by atoms with Gasteiger partial charge in [-0.3, -0.25) is 4.79 Å². The molecule has 1 heterocycles. The van der Waals surface area contributed by atoms with Gasteiger partial charge in [0.1, 0.15) is 0 Å². The lowest BCUT2D eigenvalue weighted by molar-refractivity contribution is -0.135. The molecule has 1 aliphatic rings. The molecule has 104 valence electrons. The first-order valence-corrected chi connectivity index (χ1v) is 7.69. The topological polar surface area (TPSA) is 23.6 Å². The van der Waals surface area contributed by atoms with Gasteiger partial charge in [-0.2, -0.15) is 0 Å². The van der Waals surface area contributed by atoms with Gasteiger partial charge >= 0.3 is 0 Å². The molecule has 1 aromatic carbocycles. The Morgan fingerprint density at radius 1 is 1.21 bits per heavy atom.